The van der Waals surface area contributed by atoms with Gasteiger partial charge >= 0.3 is 0 Å². The minimum Gasteiger partial charge on any atom is -0.395 e. The fourth-order valence-electron chi connectivity index (χ4n) is 2.85. The van der Waals surface area contributed by atoms with Gasteiger partial charge in [-0.15, -0.1) is 10.2 Å². The Labute approximate surface area is 134 Å². The molecule has 1 fully saturated rings. The molecule has 0 bridgehead atoms. The quantitative estimate of drug-likeness (QED) is 0.880. The van der Waals surface area contributed by atoms with Crippen molar-refractivity contribution in [1.82, 2.24) is 20.1 Å². The molecule has 0 aliphatic carbocycles. The van der Waals surface area contributed by atoms with Crippen molar-refractivity contribution in [1.29, 1.82) is 0 Å². The maximum absolute atomic E-state index is 9.11. The predicted octanol–water partition coefficient (Wildman–Crippen LogP) is 2.16. The van der Waals surface area contributed by atoms with Crippen molar-refractivity contribution < 1.29 is 5.11 Å². The van der Waals surface area contributed by atoms with Crippen LogP contribution < -0.4 is 5.32 Å². The van der Waals surface area contributed by atoms with Crippen LogP contribution in [0.5, 0.6) is 0 Å². The first-order valence-corrected chi connectivity index (χ1v) is 8.43. The van der Waals surface area contributed by atoms with Gasteiger partial charge in [0.2, 0.25) is 5.13 Å². The van der Waals surface area contributed by atoms with Crippen LogP contribution in [0, 0.1) is 6.92 Å². The second kappa shape index (κ2) is 7.13. The average Bonchev–Trinajstić information content (AvgIpc) is 2.93. The summed E-state index contributed by atoms with van der Waals surface area (Å²) >= 11 is 1.52. The molecule has 7 heteroatoms. The topological polar surface area (TPSA) is 74.2 Å². The first kappa shape index (κ1) is 15.3. The van der Waals surface area contributed by atoms with E-state index in [4.69, 9.17) is 10.1 Å². The van der Waals surface area contributed by atoms with Gasteiger partial charge in [-0.3, -0.25) is 0 Å². The smallest absolute Gasteiger partial charge is 0.211 e. The first-order chi connectivity index (χ1) is 10.7. The van der Waals surface area contributed by atoms with Crippen molar-refractivity contribution in [3.63, 3.8) is 0 Å². The van der Waals surface area contributed by atoms with Gasteiger partial charge in [0.05, 0.1) is 6.61 Å². The van der Waals surface area contributed by atoms with E-state index in [0.717, 1.165) is 54.1 Å². The summed E-state index contributed by atoms with van der Waals surface area (Å²) in [5.41, 5.74) is 1.11. The molecule has 1 atom stereocenters. The summed E-state index contributed by atoms with van der Waals surface area (Å²) in [7, 11) is 0. The third-order valence-electron chi connectivity index (χ3n) is 3.87. The molecule has 3 heterocycles. The molecule has 1 saturated heterocycles. The lowest BCUT2D eigenvalue weighted by molar-refractivity contribution is 0.160. The number of pyridine rings is 1. The fraction of sp³-hybridized carbons (Fsp3) is 0.533. The number of piperidine rings is 1. The molecule has 0 radical (unpaired) electrons. The van der Waals surface area contributed by atoms with E-state index < -0.39 is 0 Å². The lowest BCUT2D eigenvalue weighted by Gasteiger charge is -2.32. The first-order valence-electron chi connectivity index (χ1n) is 7.62. The molecule has 2 aromatic heterocycles. The number of nitrogens with zero attached hydrogens (tertiary/aromatic N) is 4. The van der Waals surface area contributed by atoms with Crippen molar-refractivity contribution in [3.8, 4) is 0 Å². The zero-order valence-electron chi connectivity index (χ0n) is 12.7. The molecule has 3 rings (SSSR count). The van der Waals surface area contributed by atoms with Gasteiger partial charge in [0.15, 0.2) is 0 Å². The minimum absolute atomic E-state index is 0.220. The molecule has 0 spiro atoms. The number of likely N-dealkylation sites (tertiary alicyclic amines) is 1. The van der Waals surface area contributed by atoms with Crippen LogP contribution in [0.2, 0.25) is 0 Å². The number of anilines is 2. The van der Waals surface area contributed by atoms with Crippen LogP contribution >= 0.6 is 11.3 Å². The summed E-state index contributed by atoms with van der Waals surface area (Å²) in [5.74, 6) is 1.24. The predicted molar refractivity (Wildman–Crippen MR) is 87.7 cm³/mol. The normalized spacial score (nSPS) is 19.3. The third-order valence-corrected chi connectivity index (χ3v) is 4.63. The minimum atomic E-state index is 0.220. The van der Waals surface area contributed by atoms with E-state index in [1.165, 1.54) is 11.3 Å². The monoisotopic (exact) mass is 319 g/mol. The summed E-state index contributed by atoms with van der Waals surface area (Å²) in [6.45, 7) is 4.94. The van der Waals surface area contributed by atoms with Crippen molar-refractivity contribution in [2.24, 2.45) is 0 Å². The summed E-state index contributed by atoms with van der Waals surface area (Å²) in [4.78, 5) is 7.04. The Morgan fingerprint density at radius 1 is 1.41 bits per heavy atom. The Balaban J connectivity index is 1.70. The third kappa shape index (κ3) is 3.79. The number of aromatic nitrogens is 3. The number of hydrogen-bond donors (Lipinski definition) is 2. The maximum Gasteiger partial charge on any atom is 0.211 e. The van der Waals surface area contributed by atoms with Gasteiger partial charge in [-0.2, -0.15) is 0 Å². The van der Waals surface area contributed by atoms with Crippen LogP contribution in [0.15, 0.2) is 18.2 Å². The van der Waals surface area contributed by atoms with Crippen LogP contribution in [-0.2, 0) is 0 Å². The van der Waals surface area contributed by atoms with Crippen LogP contribution in [0.25, 0.3) is 0 Å². The molecule has 0 aromatic carbocycles. The Kier molecular flexibility index (Phi) is 4.97. The number of hydrogen-bond acceptors (Lipinski definition) is 7. The fourth-order valence-corrected chi connectivity index (χ4v) is 3.45. The molecule has 0 amide bonds. The summed E-state index contributed by atoms with van der Waals surface area (Å²) < 4.78 is 0. The Hall–Kier alpha value is -1.57. The Morgan fingerprint density at radius 2 is 2.32 bits per heavy atom. The average molecular weight is 319 g/mol. The van der Waals surface area contributed by atoms with Gasteiger partial charge < -0.3 is 15.3 Å². The second-order valence-electron chi connectivity index (χ2n) is 5.56. The molecule has 1 aliphatic heterocycles. The molecule has 0 saturated carbocycles. The highest BCUT2D eigenvalue weighted by atomic mass is 32.1. The van der Waals surface area contributed by atoms with Gasteiger partial charge in [0.25, 0.3) is 0 Å². The van der Waals surface area contributed by atoms with E-state index in [1.54, 1.807) is 0 Å². The van der Waals surface area contributed by atoms with Crippen molar-refractivity contribution in [2.45, 2.75) is 25.7 Å². The molecule has 0 unspecified atom stereocenters. The number of aryl methyl sites for hydroxylation is 1. The number of nitrogens with one attached hydrogen (secondary N) is 1. The second-order valence-corrected chi connectivity index (χ2v) is 6.74. The van der Waals surface area contributed by atoms with Crippen molar-refractivity contribution >= 4 is 22.3 Å². The van der Waals surface area contributed by atoms with Crippen LogP contribution in [0.3, 0.4) is 0 Å². The molecule has 118 valence electrons. The van der Waals surface area contributed by atoms with Gasteiger partial charge in [0.1, 0.15) is 10.8 Å². The number of β-amino-alcohol motifs (C(OH)–C–C–N with tert-alkyl or cyclic N) is 1. The van der Waals surface area contributed by atoms with E-state index in [0.29, 0.717) is 5.92 Å². The largest absolute Gasteiger partial charge is 0.395 e. The molecule has 1 aliphatic rings. The zero-order valence-corrected chi connectivity index (χ0v) is 13.5. The van der Waals surface area contributed by atoms with E-state index in [1.807, 2.05) is 19.1 Å². The van der Waals surface area contributed by atoms with Gasteiger partial charge in [-0.1, -0.05) is 17.4 Å². The van der Waals surface area contributed by atoms with Crippen molar-refractivity contribution in [3.05, 3.63) is 28.9 Å². The van der Waals surface area contributed by atoms with Crippen molar-refractivity contribution in [2.75, 3.05) is 31.6 Å². The Morgan fingerprint density at radius 3 is 3.09 bits per heavy atom. The van der Waals surface area contributed by atoms with Crippen LogP contribution in [0.1, 0.15) is 29.5 Å². The molecule has 2 aromatic rings. The van der Waals surface area contributed by atoms with Crippen LogP contribution in [0.4, 0.5) is 10.9 Å². The summed E-state index contributed by atoms with van der Waals surface area (Å²) in [5, 5.41) is 22.1. The van der Waals surface area contributed by atoms with E-state index in [9.17, 15) is 0 Å². The number of aliphatic hydroxyl groups excluding tert-OH is 1. The van der Waals surface area contributed by atoms with Crippen LogP contribution in [-0.4, -0.2) is 51.4 Å². The van der Waals surface area contributed by atoms with Gasteiger partial charge in [-0.25, -0.2) is 4.98 Å². The molecule has 6 nitrogen and oxygen atoms in total. The molecule has 22 heavy (non-hydrogen) atoms. The number of rotatable bonds is 5. The summed E-state index contributed by atoms with van der Waals surface area (Å²) in [6.07, 6.45) is 2.30. The highest BCUT2D eigenvalue weighted by Crippen LogP contribution is 2.27. The van der Waals surface area contributed by atoms with E-state index >= 15 is 0 Å². The number of aliphatic hydroxyl groups is 1. The highest BCUT2D eigenvalue weighted by molar-refractivity contribution is 7.15. The van der Waals surface area contributed by atoms with E-state index in [-0.39, 0.29) is 6.61 Å². The molecular formula is C15H21N5OS. The SMILES string of the molecule is Cc1nnc(Nc2cccc([C@@H]3CCCN(CCO)C3)n2)s1. The van der Waals surface area contributed by atoms with Gasteiger partial charge in [0, 0.05) is 24.7 Å². The standard InChI is InChI=1S/C15H21N5OS/c1-11-18-19-15(22-11)17-14-6-2-5-13(16-14)12-4-3-7-20(10-12)8-9-21/h2,5-6,12,21H,3-4,7-10H2,1H3,(H,16,17,19)/t12-/m1/s1. The molecule has 2 N–H and O–H groups in total. The summed E-state index contributed by atoms with van der Waals surface area (Å²) in [6, 6.07) is 6.07. The molecular weight excluding hydrogens is 298 g/mol. The van der Waals surface area contributed by atoms with E-state index in [2.05, 4.69) is 26.5 Å². The van der Waals surface area contributed by atoms with Gasteiger partial charge in [-0.05, 0) is 38.4 Å². The highest BCUT2D eigenvalue weighted by Gasteiger charge is 2.22. The lowest BCUT2D eigenvalue weighted by atomic mass is 9.94. The lowest BCUT2D eigenvalue weighted by Crippen LogP contribution is -2.36. The Bertz CT molecular complexity index is 615. The zero-order chi connectivity index (χ0) is 15.4. The maximum atomic E-state index is 9.11.